The van der Waals surface area contributed by atoms with Gasteiger partial charge in [0.15, 0.2) is 0 Å². The van der Waals surface area contributed by atoms with Gasteiger partial charge in [-0.2, -0.15) is 0 Å². The normalized spacial score (nSPS) is 10.5. The van der Waals surface area contributed by atoms with E-state index < -0.39 is 0 Å². The molecular weight excluding hydrogens is 321 g/mol. The number of carbonyl (C=O) groups is 1. The van der Waals surface area contributed by atoms with Crippen LogP contribution in [-0.4, -0.2) is 23.0 Å². The summed E-state index contributed by atoms with van der Waals surface area (Å²) in [6.07, 6.45) is 3.31. The van der Waals surface area contributed by atoms with Gasteiger partial charge in [-0.3, -0.25) is 9.78 Å². The molecule has 0 bridgehead atoms. The number of nitrogens with zero attached hydrogens (tertiary/aromatic N) is 1. The predicted octanol–water partition coefficient (Wildman–Crippen LogP) is 3.33. The van der Waals surface area contributed by atoms with E-state index in [0.717, 1.165) is 23.6 Å². The number of benzene rings is 1. The van der Waals surface area contributed by atoms with Crippen LogP contribution in [0.2, 0.25) is 0 Å². The van der Waals surface area contributed by atoms with Crippen LogP contribution in [0.4, 0.5) is 0 Å². The first kappa shape index (κ1) is 20.6. The Morgan fingerprint density at radius 3 is 2.45 bits per heavy atom. The molecule has 3 N–H and O–H groups in total. The lowest BCUT2D eigenvalue weighted by Gasteiger charge is -2.26. The first-order chi connectivity index (χ1) is 9.59. The first-order valence-corrected chi connectivity index (χ1v) is 7.00. The molecule has 0 spiro atoms. The molecule has 22 heavy (non-hydrogen) atoms. The molecule has 122 valence electrons. The molecule has 0 aliphatic rings. The Bertz CT molecular complexity index is 610. The molecule has 0 unspecified atom stereocenters. The lowest BCUT2D eigenvalue weighted by atomic mass is 9.94. The van der Waals surface area contributed by atoms with E-state index in [9.17, 15) is 4.79 Å². The molecule has 1 aromatic carbocycles. The average molecular weight is 344 g/mol. The summed E-state index contributed by atoms with van der Waals surface area (Å²) in [6.45, 7) is 4.53. The maximum absolute atomic E-state index is 12.3. The smallest absolute Gasteiger partial charge is 0.270 e. The number of aromatic nitrogens is 1. The Hall–Kier alpha value is -1.36. The van der Waals surface area contributed by atoms with E-state index in [4.69, 9.17) is 5.73 Å². The fraction of sp³-hybridized carbons (Fsp3) is 0.375. The number of nitrogens with two attached hydrogens (primary N) is 1. The van der Waals surface area contributed by atoms with Crippen molar-refractivity contribution in [3.8, 4) is 0 Å². The van der Waals surface area contributed by atoms with Crippen LogP contribution in [0.3, 0.4) is 0 Å². The molecule has 1 heterocycles. The third-order valence-corrected chi connectivity index (χ3v) is 3.90. The third kappa shape index (κ3) is 4.57. The Morgan fingerprint density at radius 1 is 1.18 bits per heavy atom. The fourth-order valence-corrected chi connectivity index (χ4v) is 2.14. The van der Waals surface area contributed by atoms with Gasteiger partial charge in [-0.15, -0.1) is 24.8 Å². The van der Waals surface area contributed by atoms with E-state index in [1.165, 1.54) is 0 Å². The van der Waals surface area contributed by atoms with Gasteiger partial charge in [0.05, 0.1) is 0 Å². The van der Waals surface area contributed by atoms with E-state index in [1.54, 1.807) is 6.20 Å². The molecular formula is C16H23Cl2N3O. The number of halogens is 2. The molecule has 0 aliphatic heterocycles. The second kappa shape index (κ2) is 8.93. The summed E-state index contributed by atoms with van der Waals surface area (Å²) in [5.41, 5.74) is 6.31. The standard InChI is InChI=1S/C16H21N3O.2ClH/c1-3-16(17,4-2)11-19-15(20)14-13-8-6-5-7-12(13)9-10-18-14;;/h5-10H,3-4,11,17H2,1-2H3,(H,19,20);2*1H. The van der Waals surface area contributed by atoms with Crippen molar-refractivity contribution in [2.24, 2.45) is 5.73 Å². The number of fused-ring (bicyclic) bond motifs is 1. The molecule has 0 saturated heterocycles. The predicted molar refractivity (Wildman–Crippen MR) is 96.1 cm³/mol. The Balaban J connectivity index is 0.00000220. The molecule has 0 fully saturated rings. The van der Waals surface area contributed by atoms with Crippen LogP contribution in [0.25, 0.3) is 10.8 Å². The lowest BCUT2D eigenvalue weighted by Crippen LogP contribution is -2.49. The van der Waals surface area contributed by atoms with Crippen LogP contribution in [-0.2, 0) is 0 Å². The maximum Gasteiger partial charge on any atom is 0.270 e. The highest BCUT2D eigenvalue weighted by Gasteiger charge is 2.22. The zero-order valence-electron chi connectivity index (χ0n) is 12.8. The van der Waals surface area contributed by atoms with Crippen molar-refractivity contribution < 1.29 is 4.79 Å². The Morgan fingerprint density at radius 2 is 1.82 bits per heavy atom. The van der Waals surface area contributed by atoms with Crippen LogP contribution in [0.1, 0.15) is 37.2 Å². The van der Waals surface area contributed by atoms with E-state index >= 15 is 0 Å². The number of rotatable bonds is 5. The Kier molecular flexibility index (Phi) is 8.38. The number of pyridine rings is 1. The van der Waals surface area contributed by atoms with E-state index in [0.29, 0.717) is 12.2 Å². The largest absolute Gasteiger partial charge is 0.349 e. The zero-order chi connectivity index (χ0) is 14.6. The van der Waals surface area contributed by atoms with Gasteiger partial charge in [0.1, 0.15) is 5.69 Å². The molecule has 6 heteroatoms. The molecule has 2 rings (SSSR count). The second-order valence-corrected chi connectivity index (χ2v) is 5.13. The molecule has 0 atom stereocenters. The van der Waals surface area contributed by atoms with Crippen molar-refractivity contribution in [3.63, 3.8) is 0 Å². The lowest BCUT2D eigenvalue weighted by molar-refractivity contribution is 0.0939. The zero-order valence-corrected chi connectivity index (χ0v) is 14.5. The number of amides is 1. The minimum Gasteiger partial charge on any atom is -0.349 e. The summed E-state index contributed by atoms with van der Waals surface area (Å²) < 4.78 is 0. The van der Waals surface area contributed by atoms with Crippen LogP contribution >= 0.6 is 24.8 Å². The topological polar surface area (TPSA) is 68.0 Å². The van der Waals surface area contributed by atoms with Crippen LogP contribution < -0.4 is 11.1 Å². The fourth-order valence-electron chi connectivity index (χ4n) is 2.14. The van der Waals surface area contributed by atoms with Crippen molar-refractivity contribution in [1.29, 1.82) is 0 Å². The SMILES string of the molecule is CCC(N)(CC)CNC(=O)c1nccc2ccccc12.Cl.Cl. The van der Waals surface area contributed by atoms with Gasteiger partial charge in [0, 0.05) is 23.7 Å². The highest BCUT2D eigenvalue weighted by Crippen LogP contribution is 2.16. The third-order valence-electron chi connectivity index (χ3n) is 3.90. The maximum atomic E-state index is 12.3. The van der Waals surface area contributed by atoms with E-state index in [1.807, 2.05) is 44.2 Å². The minimum absolute atomic E-state index is 0. The van der Waals surface area contributed by atoms with Gasteiger partial charge in [0.25, 0.3) is 5.91 Å². The molecule has 2 aromatic rings. The van der Waals surface area contributed by atoms with Crippen molar-refractivity contribution in [1.82, 2.24) is 10.3 Å². The molecule has 0 saturated carbocycles. The van der Waals surface area contributed by atoms with Crippen LogP contribution in [0.15, 0.2) is 36.5 Å². The molecule has 1 amide bonds. The summed E-state index contributed by atoms with van der Waals surface area (Å²) >= 11 is 0. The van der Waals surface area contributed by atoms with Gasteiger partial charge in [-0.25, -0.2) is 0 Å². The quantitative estimate of drug-likeness (QED) is 0.874. The number of nitrogens with one attached hydrogen (secondary N) is 1. The summed E-state index contributed by atoms with van der Waals surface area (Å²) in [4.78, 5) is 16.5. The first-order valence-electron chi connectivity index (χ1n) is 7.00. The van der Waals surface area contributed by atoms with Gasteiger partial charge in [-0.1, -0.05) is 38.1 Å². The van der Waals surface area contributed by atoms with Crippen molar-refractivity contribution >= 4 is 41.5 Å². The summed E-state index contributed by atoms with van der Waals surface area (Å²) in [5, 5.41) is 4.78. The number of carbonyl (C=O) groups excluding carboxylic acids is 1. The summed E-state index contributed by atoms with van der Waals surface area (Å²) in [5.74, 6) is -0.168. The Labute approximate surface area is 143 Å². The van der Waals surface area contributed by atoms with Gasteiger partial charge < -0.3 is 11.1 Å². The van der Waals surface area contributed by atoms with Crippen LogP contribution in [0, 0.1) is 0 Å². The van der Waals surface area contributed by atoms with E-state index in [-0.39, 0.29) is 36.3 Å². The van der Waals surface area contributed by atoms with Crippen molar-refractivity contribution in [2.75, 3.05) is 6.54 Å². The van der Waals surface area contributed by atoms with Crippen molar-refractivity contribution in [2.45, 2.75) is 32.2 Å². The molecule has 0 radical (unpaired) electrons. The second-order valence-electron chi connectivity index (χ2n) is 5.13. The molecule has 1 aromatic heterocycles. The molecule has 0 aliphatic carbocycles. The number of hydrogen-bond acceptors (Lipinski definition) is 3. The summed E-state index contributed by atoms with van der Waals surface area (Å²) in [6, 6.07) is 9.64. The van der Waals surface area contributed by atoms with E-state index in [2.05, 4.69) is 10.3 Å². The average Bonchev–Trinajstić information content (AvgIpc) is 2.51. The van der Waals surface area contributed by atoms with Crippen LogP contribution in [0.5, 0.6) is 0 Å². The monoisotopic (exact) mass is 343 g/mol. The highest BCUT2D eigenvalue weighted by molar-refractivity contribution is 6.05. The number of hydrogen-bond donors (Lipinski definition) is 2. The summed E-state index contributed by atoms with van der Waals surface area (Å²) in [7, 11) is 0. The van der Waals surface area contributed by atoms with Gasteiger partial charge in [-0.05, 0) is 24.3 Å². The van der Waals surface area contributed by atoms with Gasteiger partial charge in [0.2, 0.25) is 0 Å². The van der Waals surface area contributed by atoms with Crippen molar-refractivity contribution in [3.05, 3.63) is 42.2 Å². The van der Waals surface area contributed by atoms with Gasteiger partial charge >= 0.3 is 0 Å². The molecule has 4 nitrogen and oxygen atoms in total. The minimum atomic E-state index is -0.347. The highest BCUT2D eigenvalue weighted by atomic mass is 35.5.